The number of benzodiazepines with no additional fused rings is 1. The quantitative estimate of drug-likeness (QED) is 0.860. The second-order valence-electron chi connectivity index (χ2n) is 4.27. The topological polar surface area (TPSA) is 41.5 Å². The highest BCUT2D eigenvalue weighted by Gasteiger charge is 2.16. The predicted octanol–water partition coefficient (Wildman–Crippen LogP) is 3.49. The van der Waals surface area contributed by atoms with Crippen LogP contribution in [-0.4, -0.2) is 18.7 Å². The molecular formula is C15H11BrN2O. The fraction of sp³-hybridized carbons (Fsp3) is 0.0667. The number of amides is 1. The third-order valence-electron chi connectivity index (χ3n) is 2.99. The molecule has 0 bridgehead atoms. The zero-order chi connectivity index (χ0) is 13.2. The van der Waals surface area contributed by atoms with Crippen molar-refractivity contribution in [1.29, 1.82) is 0 Å². The molecule has 0 radical (unpaired) electrons. The second-order valence-corrected chi connectivity index (χ2v) is 5.12. The maximum absolute atomic E-state index is 11.5. The summed E-state index contributed by atoms with van der Waals surface area (Å²) in [4.78, 5) is 15.7. The first-order valence-corrected chi connectivity index (χ1v) is 6.72. The summed E-state index contributed by atoms with van der Waals surface area (Å²) in [6.45, 7) is 0.167. The number of nitrogens with zero attached hydrogens (tertiary/aromatic N) is 1. The molecule has 0 aliphatic carbocycles. The van der Waals surface area contributed by atoms with E-state index in [0.717, 1.165) is 26.9 Å². The number of fused-ring (bicyclic) bond motifs is 1. The molecule has 0 fully saturated rings. The third kappa shape index (κ3) is 2.31. The van der Waals surface area contributed by atoms with Crippen molar-refractivity contribution in [1.82, 2.24) is 0 Å². The maximum atomic E-state index is 11.5. The summed E-state index contributed by atoms with van der Waals surface area (Å²) in [6, 6.07) is 13.9. The van der Waals surface area contributed by atoms with Gasteiger partial charge in [-0.2, -0.15) is 0 Å². The van der Waals surface area contributed by atoms with Crippen LogP contribution in [0.25, 0.3) is 11.1 Å². The van der Waals surface area contributed by atoms with Gasteiger partial charge in [0.2, 0.25) is 5.91 Å². The Morgan fingerprint density at radius 3 is 2.68 bits per heavy atom. The Morgan fingerprint density at radius 1 is 1.11 bits per heavy atom. The van der Waals surface area contributed by atoms with Crippen LogP contribution in [0.1, 0.15) is 5.56 Å². The average molecular weight is 315 g/mol. The van der Waals surface area contributed by atoms with Crippen molar-refractivity contribution in [3.05, 3.63) is 52.5 Å². The number of rotatable bonds is 1. The van der Waals surface area contributed by atoms with Crippen LogP contribution in [-0.2, 0) is 4.79 Å². The lowest BCUT2D eigenvalue weighted by Gasteiger charge is -2.13. The number of hydrogen-bond donors (Lipinski definition) is 1. The highest BCUT2D eigenvalue weighted by Crippen LogP contribution is 2.35. The van der Waals surface area contributed by atoms with Crippen LogP contribution in [0.3, 0.4) is 0 Å². The summed E-state index contributed by atoms with van der Waals surface area (Å²) < 4.78 is 0.986. The van der Waals surface area contributed by atoms with Gasteiger partial charge in [0.1, 0.15) is 6.54 Å². The number of hydrogen-bond acceptors (Lipinski definition) is 2. The second kappa shape index (κ2) is 4.97. The van der Waals surface area contributed by atoms with E-state index in [1.807, 2.05) is 42.5 Å². The van der Waals surface area contributed by atoms with E-state index in [1.54, 1.807) is 6.21 Å². The number of aliphatic imine (C=N–C) groups is 1. The van der Waals surface area contributed by atoms with Crippen molar-refractivity contribution in [3.8, 4) is 11.1 Å². The van der Waals surface area contributed by atoms with Crippen molar-refractivity contribution in [2.24, 2.45) is 4.99 Å². The van der Waals surface area contributed by atoms with Crippen molar-refractivity contribution < 1.29 is 4.79 Å². The molecule has 0 saturated carbocycles. The smallest absolute Gasteiger partial charge is 0.246 e. The molecule has 4 heteroatoms. The van der Waals surface area contributed by atoms with Gasteiger partial charge in [-0.3, -0.25) is 9.79 Å². The molecule has 3 rings (SSSR count). The minimum absolute atomic E-state index is 0.0867. The zero-order valence-corrected chi connectivity index (χ0v) is 11.6. The Hall–Kier alpha value is -1.94. The lowest BCUT2D eigenvalue weighted by atomic mass is 9.99. The number of halogens is 1. The normalized spacial score (nSPS) is 13.6. The summed E-state index contributed by atoms with van der Waals surface area (Å²) in [5.74, 6) is -0.0867. The Kier molecular flexibility index (Phi) is 3.17. The number of nitrogens with one attached hydrogen (secondary N) is 1. The first-order chi connectivity index (χ1) is 9.25. The number of carbonyl (C=O) groups is 1. The van der Waals surface area contributed by atoms with E-state index in [1.165, 1.54) is 0 Å². The zero-order valence-electron chi connectivity index (χ0n) is 10.1. The SMILES string of the molecule is O=C1CN=Cc2c(ccc(Br)c2-c2ccccc2)N1. The summed E-state index contributed by atoms with van der Waals surface area (Å²) in [5.41, 5.74) is 3.87. The summed E-state index contributed by atoms with van der Waals surface area (Å²) in [7, 11) is 0. The highest BCUT2D eigenvalue weighted by molar-refractivity contribution is 9.10. The Morgan fingerprint density at radius 2 is 1.89 bits per heavy atom. The summed E-state index contributed by atoms with van der Waals surface area (Å²) >= 11 is 3.58. The van der Waals surface area contributed by atoms with E-state index in [-0.39, 0.29) is 12.5 Å². The predicted molar refractivity (Wildman–Crippen MR) is 80.7 cm³/mol. The van der Waals surface area contributed by atoms with Gasteiger partial charge in [-0.15, -0.1) is 0 Å². The van der Waals surface area contributed by atoms with Crippen molar-refractivity contribution in [2.75, 3.05) is 11.9 Å². The number of benzene rings is 2. The van der Waals surface area contributed by atoms with Crippen LogP contribution < -0.4 is 5.32 Å². The maximum Gasteiger partial charge on any atom is 0.246 e. The molecule has 19 heavy (non-hydrogen) atoms. The molecule has 2 aromatic rings. The van der Waals surface area contributed by atoms with Crippen molar-refractivity contribution in [2.45, 2.75) is 0 Å². The summed E-state index contributed by atoms with van der Waals surface area (Å²) in [5, 5.41) is 2.87. The van der Waals surface area contributed by atoms with Crippen LogP contribution in [0.15, 0.2) is 51.9 Å². The minimum atomic E-state index is -0.0867. The van der Waals surface area contributed by atoms with E-state index >= 15 is 0 Å². The van der Waals surface area contributed by atoms with E-state index in [4.69, 9.17) is 0 Å². The lowest BCUT2D eigenvalue weighted by molar-refractivity contribution is -0.114. The van der Waals surface area contributed by atoms with Gasteiger partial charge in [-0.25, -0.2) is 0 Å². The minimum Gasteiger partial charge on any atom is -0.324 e. The summed E-state index contributed by atoms with van der Waals surface area (Å²) in [6.07, 6.45) is 1.76. The molecular weight excluding hydrogens is 304 g/mol. The fourth-order valence-corrected chi connectivity index (χ4v) is 2.72. The first-order valence-electron chi connectivity index (χ1n) is 5.93. The standard InChI is InChI=1S/C15H11BrN2O/c16-12-6-7-13-11(8-17-9-14(19)18-13)15(12)10-4-2-1-3-5-10/h1-8H,9H2,(H,18,19). The highest BCUT2D eigenvalue weighted by atomic mass is 79.9. The van der Waals surface area contributed by atoms with Gasteiger partial charge in [0.05, 0.1) is 5.69 Å². The average Bonchev–Trinajstić information content (AvgIpc) is 2.61. The van der Waals surface area contributed by atoms with E-state index in [9.17, 15) is 4.79 Å². The molecule has 0 atom stereocenters. The van der Waals surface area contributed by atoms with Crippen LogP contribution in [0.5, 0.6) is 0 Å². The van der Waals surface area contributed by atoms with E-state index in [2.05, 4.69) is 26.2 Å². The van der Waals surface area contributed by atoms with Gasteiger partial charge in [0.25, 0.3) is 0 Å². The largest absolute Gasteiger partial charge is 0.324 e. The van der Waals surface area contributed by atoms with Gasteiger partial charge in [0, 0.05) is 21.8 Å². The van der Waals surface area contributed by atoms with Gasteiger partial charge < -0.3 is 5.32 Å². The molecule has 1 aliphatic heterocycles. The van der Waals surface area contributed by atoms with Gasteiger partial charge >= 0.3 is 0 Å². The monoisotopic (exact) mass is 314 g/mol. The molecule has 2 aromatic carbocycles. The number of anilines is 1. The van der Waals surface area contributed by atoms with Crippen LogP contribution in [0.2, 0.25) is 0 Å². The van der Waals surface area contributed by atoms with Crippen LogP contribution >= 0.6 is 15.9 Å². The molecule has 1 N–H and O–H groups in total. The van der Waals surface area contributed by atoms with Gasteiger partial charge in [-0.05, 0) is 17.7 Å². The molecule has 1 aliphatic rings. The number of carbonyl (C=O) groups excluding carboxylic acids is 1. The van der Waals surface area contributed by atoms with Crippen LogP contribution in [0, 0.1) is 0 Å². The Bertz CT molecular complexity index is 665. The molecule has 0 saturated heterocycles. The molecule has 0 spiro atoms. The molecule has 94 valence electrons. The molecule has 0 unspecified atom stereocenters. The Labute approximate surface area is 119 Å². The Balaban J connectivity index is 2.25. The molecule has 1 heterocycles. The fourth-order valence-electron chi connectivity index (χ4n) is 2.14. The van der Waals surface area contributed by atoms with Gasteiger partial charge in [0.15, 0.2) is 0 Å². The molecule has 1 amide bonds. The lowest BCUT2D eigenvalue weighted by Crippen LogP contribution is -2.13. The van der Waals surface area contributed by atoms with E-state index < -0.39 is 0 Å². The van der Waals surface area contributed by atoms with Crippen molar-refractivity contribution >= 4 is 33.7 Å². The van der Waals surface area contributed by atoms with E-state index in [0.29, 0.717) is 0 Å². The van der Waals surface area contributed by atoms with Crippen LogP contribution in [0.4, 0.5) is 5.69 Å². The van der Waals surface area contributed by atoms with Crippen molar-refractivity contribution in [3.63, 3.8) is 0 Å². The molecule has 3 nitrogen and oxygen atoms in total. The third-order valence-corrected chi connectivity index (χ3v) is 3.65. The first kappa shape index (κ1) is 12.1. The van der Waals surface area contributed by atoms with Gasteiger partial charge in [-0.1, -0.05) is 46.3 Å². The molecule has 0 aromatic heterocycles.